The van der Waals surface area contributed by atoms with Crippen LogP contribution in [0, 0.1) is 5.92 Å². The molecule has 1 atom stereocenters. The molecule has 3 nitrogen and oxygen atoms in total. The molecular formula is C16H26N2OS. The number of thioether (sulfide) groups is 1. The van der Waals surface area contributed by atoms with Crippen molar-refractivity contribution in [3.8, 4) is 0 Å². The molecule has 0 aliphatic rings. The zero-order valence-corrected chi connectivity index (χ0v) is 13.7. The highest BCUT2D eigenvalue weighted by Gasteiger charge is 2.14. The first-order valence-corrected chi connectivity index (χ1v) is 8.15. The lowest BCUT2D eigenvalue weighted by molar-refractivity contribution is -0.120. The van der Waals surface area contributed by atoms with Crippen LogP contribution in [0.4, 0.5) is 0 Å². The zero-order valence-electron chi connectivity index (χ0n) is 12.9. The van der Waals surface area contributed by atoms with Crippen molar-refractivity contribution in [2.24, 2.45) is 5.92 Å². The number of hydrogen-bond acceptors (Lipinski definition) is 3. The van der Waals surface area contributed by atoms with Gasteiger partial charge < -0.3 is 10.6 Å². The normalized spacial score (nSPS) is 12.4. The van der Waals surface area contributed by atoms with Crippen LogP contribution in [0.5, 0.6) is 0 Å². The quantitative estimate of drug-likeness (QED) is 0.724. The van der Waals surface area contributed by atoms with E-state index < -0.39 is 0 Å². The van der Waals surface area contributed by atoms with Crippen LogP contribution >= 0.6 is 11.8 Å². The molecule has 4 heteroatoms. The van der Waals surface area contributed by atoms with Crippen LogP contribution < -0.4 is 10.6 Å². The monoisotopic (exact) mass is 294 g/mol. The number of amides is 1. The van der Waals surface area contributed by atoms with Gasteiger partial charge in [-0.1, -0.05) is 32.9 Å². The van der Waals surface area contributed by atoms with Gasteiger partial charge in [-0.3, -0.25) is 4.79 Å². The summed E-state index contributed by atoms with van der Waals surface area (Å²) in [4.78, 5) is 13.1. The van der Waals surface area contributed by atoms with E-state index in [1.165, 1.54) is 5.56 Å². The second-order valence-corrected chi connectivity index (χ2v) is 6.74. The van der Waals surface area contributed by atoms with Crippen molar-refractivity contribution in [2.75, 3.05) is 13.1 Å². The summed E-state index contributed by atoms with van der Waals surface area (Å²) in [7, 11) is 0. The fraction of sp³-hybridized carbons (Fsp3) is 0.562. The topological polar surface area (TPSA) is 41.1 Å². The van der Waals surface area contributed by atoms with Crippen molar-refractivity contribution in [1.29, 1.82) is 0 Å². The Bertz CT molecular complexity index is 421. The van der Waals surface area contributed by atoms with Gasteiger partial charge in [-0.05, 0) is 37.1 Å². The van der Waals surface area contributed by atoms with Crippen LogP contribution in [-0.2, 0) is 11.3 Å². The summed E-state index contributed by atoms with van der Waals surface area (Å²) in [5.41, 5.74) is 1.26. The lowest BCUT2D eigenvalue weighted by Crippen LogP contribution is -2.33. The summed E-state index contributed by atoms with van der Waals surface area (Å²) in [6, 6.07) is 8.37. The first-order valence-electron chi connectivity index (χ1n) is 7.27. The molecule has 20 heavy (non-hydrogen) atoms. The minimum atomic E-state index is -0.0665. The van der Waals surface area contributed by atoms with Crippen LogP contribution in [0.15, 0.2) is 29.2 Å². The summed E-state index contributed by atoms with van der Waals surface area (Å²) in [5.74, 6) is 0.598. The van der Waals surface area contributed by atoms with Gasteiger partial charge >= 0.3 is 0 Å². The molecule has 1 unspecified atom stereocenters. The maximum Gasteiger partial charge on any atom is 0.233 e. The minimum Gasteiger partial charge on any atom is -0.355 e. The van der Waals surface area contributed by atoms with Gasteiger partial charge in [0.15, 0.2) is 0 Å². The standard InChI is InChI=1S/C16H26N2OS/c1-5-17-11-14-7-6-8-15(9-14)20-13(4)16(19)18-10-12(2)3/h6-9,12-13,17H,5,10-11H2,1-4H3,(H,18,19). The predicted molar refractivity (Wildman–Crippen MR) is 87.0 cm³/mol. The van der Waals surface area contributed by atoms with Crippen LogP contribution in [0.25, 0.3) is 0 Å². The maximum absolute atomic E-state index is 12.0. The number of rotatable bonds is 8. The molecule has 0 aliphatic carbocycles. The molecule has 0 spiro atoms. The Morgan fingerprint density at radius 1 is 1.30 bits per heavy atom. The Hall–Kier alpha value is -1.00. The lowest BCUT2D eigenvalue weighted by Gasteiger charge is -2.14. The highest BCUT2D eigenvalue weighted by Crippen LogP contribution is 2.24. The molecule has 0 aromatic heterocycles. The highest BCUT2D eigenvalue weighted by atomic mass is 32.2. The second kappa shape index (κ2) is 9.03. The number of nitrogens with one attached hydrogen (secondary N) is 2. The summed E-state index contributed by atoms with van der Waals surface area (Å²) in [6.07, 6.45) is 0. The van der Waals surface area contributed by atoms with E-state index >= 15 is 0 Å². The van der Waals surface area contributed by atoms with Crippen molar-refractivity contribution < 1.29 is 4.79 Å². The maximum atomic E-state index is 12.0. The zero-order chi connectivity index (χ0) is 15.0. The van der Waals surface area contributed by atoms with E-state index in [-0.39, 0.29) is 11.2 Å². The SMILES string of the molecule is CCNCc1cccc(SC(C)C(=O)NCC(C)C)c1. The van der Waals surface area contributed by atoms with E-state index in [1.807, 2.05) is 13.0 Å². The van der Waals surface area contributed by atoms with E-state index in [2.05, 4.69) is 49.6 Å². The summed E-state index contributed by atoms with van der Waals surface area (Å²) < 4.78 is 0. The molecule has 2 N–H and O–H groups in total. The number of hydrogen-bond donors (Lipinski definition) is 2. The Labute approximate surface area is 126 Å². The number of carbonyl (C=O) groups is 1. The molecular weight excluding hydrogens is 268 g/mol. The fourth-order valence-corrected chi connectivity index (χ4v) is 2.68. The van der Waals surface area contributed by atoms with Crippen LogP contribution in [0.1, 0.15) is 33.3 Å². The van der Waals surface area contributed by atoms with Gasteiger partial charge in [-0.25, -0.2) is 0 Å². The molecule has 0 saturated heterocycles. The van der Waals surface area contributed by atoms with Crippen LogP contribution in [0.3, 0.4) is 0 Å². The van der Waals surface area contributed by atoms with Gasteiger partial charge in [-0.2, -0.15) is 0 Å². The van der Waals surface area contributed by atoms with E-state index in [0.717, 1.165) is 24.5 Å². The minimum absolute atomic E-state index is 0.0665. The lowest BCUT2D eigenvalue weighted by atomic mass is 10.2. The summed E-state index contributed by atoms with van der Waals surface area (Å²) in [5, 5.41) is 6.22. The van der Waals surface area contributed by atoms with Gasteiger partial charge in [0.25, 0.3) is 0 Å². The Morgan fingerprint density at radius 3 is 2.70 bits per heavy atom. The van der Waals surface area contributed by atoms with Crippen molar-refractivity contribution >= 4 is 17.7 Å². The molecule has 1 aromatic rings. The smallest absolute Gasteiger partial charge is 0.233 e. The van der Waals surface area contributed by atoms with Gasteiger partial charge in [0.05, 0.1) is 5.25 Å². The highest BCUT2D eigenvalue weighted by molar-refractivity contribution is 8.00. The fourth-order valence-electron chi connectivity index (χ4n) is 1.70. The summed E-state index contributed by atoms with van der Waals surface area (Å²) >= 11 is 1.61. The van der Waals surface area contributed by atoms with E-state index in [1.54, 1.807) is 11.8 Å². The van der Waals surface area contributed by atoms with Crippen molar-refractivity contribution in [3.05, 3.63) is 29.8 Å². The third kappa shape index (κ3) is 6.44. The molecule has 0 radical (unpaired) electrons. The molecule has 1 aromatic carbocycles. The molecule has 0 fully saturated rings. The van der Waals surface area contributed by atoms with Gasteiger partial charge in [0, 0.05) is 18.0 Å². The molecule has 0 heterocycles. The number of carbonyl (C=O) groups excluding carboxylic acids is 1. The molecule has 0 bridgehead atoms. The molecule has 0 saturated carbocycles. The van der Waals surface area contributed by atoms with Crippen LogP contribution in [0.2, 0.25) is 0 Å². The third-order valence-corrected chi connectivity index (χ3v) is 3.94. The second-order valence-electron chi connectivity index (χ2n) is 5.33. The predicted octanol–water partition coefficient (Wildman–Crippen LogP) is 3.05. The van der Waals surface area contributed by atoms with Gasteiger partial charge in [0.2, 0.25) is 5.91 Å². The average molecular weight is 294 g/mol. The molecule has 1 amide bonds. The van der Waals surface area contributed by atoms with Gasteiger partial charge in [0.1, 0.15) is 0 Å². The Morgan fingerprint density at radius 2 is 2.05 bits per heavy atom. The molecule has 112 valence electrons. The van der Waals surface area contributed by atoms with E-state index in [4.69, 9.17) is 0 Å². The average Bonchev–Trinajstić information content (AvgIpc) is 2.42. The summed E-state index contributed by atoms with van der Waals surface area (Å²) in [6.45, 7) is 10.8. The third-order valence-electron chi connectivity index (χ3n) is 2.84. The number of benzene rings is 1. The van der Waals surface area contributed by atoms with Crippen LogP contribution in [-0.4, -0.2) is 24.2 Å². The first kappa shape index (κ1) is 17.1. The Balaban J connectivity index is 2.52. The van der Waals surface area contributed by atoms with Crippen molar-refractivity contribution in [1.82, 2.24) is 10.6 Å². The van der Waals surface area contributed by atoms with Crippen molar-refractivity contribution in [3.63, 3.8) is 0 Å². The van der Waals surface area contributed by atoms with Gasteiger partial charge in [-0.15, -0.1) is 11.8 Å². The largest absolute Gasteiger partial charge is 0.355 e. The van der Waals surface area contributed by atoms with Crippen molar-refractivity contribution in [2.45, 2.75) is 44.4 Å². The van der Waals surface area contributed by atoms with E-state index in [9.17, 15) is 4.79 Å². The first-order chi connectivity index (χ1) is 9.52. The molecule has 1 rings (SSSR count). The molecule has 0 aliphatic heterocycles. The Kier molecular flexibility index (Phi) is 7.70. The van der Waals surface area contributed by atoms with E-state index in [0.29, 0.717) is 5.92 Å².